The van der Waals surface area contributed by atoms with Gasteiger partial charge in [-0.3, -0.25) is 0 Å². The fourth-order valence-electron chi connectivity index (χ4n) is 1.82. The first-order valence-electron chi connectivity index (χ1n) is 4.86. The van der Waals surface area contributed by atoms with Crippen LogP contribution in [0.1, 0.15) is 19.4 Å². The summed E-state index contributed by atoms with van der Waals surface area (Å²) in [5.74, 6) is 0.747. The molecule has 1 aliphatic heterocycles. The van der Waals surface area contributed by atoms with Crippen molar-refractivity contribution in [2.24, 2.45) is 5.92 Å². The van der Waals surface area contributed by atoms with Crippen molar-refractivity contribution >= 4 is 17.3 Å². The van der Waals surface area contributed by atoms with Crippen molar-refractivity contribution in [3.8, 4) is 5.75 Å². The summed E-state index contributed by atoms with van der Waals surface area (Å²) >= 11 is 6.02. The first-order chi connectivity index (χ1) is 6.59. The summed E-state index contributed by atoms with van der Waals surface area (Å²) in [6.07, 6.45) is 0.903. The van der Waals surface area contributed by atoms with E-state index in [1.165, 1.54) is 0 Å². The van der Waals surface area contributed by atoms with Crippen LogP contribution in [-0.2, 0) is 6.42 Å². The van der Waals surface area contributed by atoms with Crippen molar-refractivity contribution in [1.82, 2.24) is 0 Å². The Kier molecular flexibility index (Phi) is 2.31. The van der Waals surface area contributed by atoms with Gasteiger partial charge < -0.3 is 10.4 Å². The van der Waals surface area contributed by atoms with E-state index >= 15 is 0 Å². The highest BCUT2D eigenvalue weighted by Gasteiger charge is 2.25. The molecule has 2 N–H and O–H groups in total. The third-order valence-corrected chi connectivity index (χ3v) is 3.21. The van der Waals surface area contributed by atoms with Gasteiger partial charge in [0.25, 0.3) is 0 Å². The number of hydrogen-bond donors (Lipinski definition) is 2. The molecule has 1 heterocycles. The van der Waals surface area contributed by atoms with E-state index in [9.17, 15) is 5.11 Å². The lowest BCUT2D eigenvalue weighted by Gasteiger charge is -2.14. The lowest BCUT2D eigenvalue weighted by molar-refractivity contribution is 0.474. The second-order valence-corrected chi connectivity index (χ2v) is 4.50. The Bertz CT molecular complexity index is 363. The summed E-state index contributed by atoms with van der Waals surface area (Å²) in [5, 5.41) is 13.4. The van der Waals surface area contributed by atoms with Gasteiger partial charge in [0.2, 0.25) is 0 Å². The van der Waals surface area contributed by atoms with Gasteiger partial charge in [-0.2, -0.15) is 0 Å². The molecule has 3 heteroatoms. The van der Waals surface area contributed by atoms with Crippen LogP contribution in [-0.4, -0.2) is 11.1 Å². The summed E-state index contributed by atoms with van der Waals surface area (Å²) in [6.45, 7) is 4.36. The minimum absolute atomic E-state index is 0.177. The minimum atomic E-state index is 0.177. The zero-order valence-corrected chi connectivity index (χ0v) is 9.10. The van der Waals surface area contributed by atoms with Crippen LogP contribution in [0.25, 0.3) is 0 Å². The first-order valence-corrected chi connectivity index (χ1v) is 5.24. The molecule has 1 unspecified atom stereocenters. The highest BCUT2D eigenvalue weighted by Crippen LogP contribution is 2.38. The Morgan fingerprint density at radius 3 is 2.86 bits per heavy atom. The number of nitrogens with one attached hydrogen (secondary N) is 1. The van der Waals surface area contributed by atoms with E-state index in [0.29, 0.717) is 17.0 Å². The number of benzene rings is 1. The number of phenolic OH excluding ortho intramolecular Hbond substituents is 1. The molecule has 0 bridgehead atoms. The maximum Gasteiger partial charge on any atom is 0.134 e. The molecule has 1 aromatic carbocycles. The molecule has 0 aliphatic carbocycles. The second kappa shape index (κ2) is 3.35. The number of phenols is 1. The van der Waals surface area contributed by atoms with Gasteiger partial charge in [0, 0.05) is 11.7 Å². The predicted molar refractivity (Wildman–Crippen MR) is 59.1 cm³/mol. The zero-order chi connectivity index (χ0) is 10.3. The molecule has 76 valence electrons. The molecular weight excluding hydrogens is 198 g/mol. The third-order valence-electron chi connectivity index (χ3n) is 2.79. The number of rotatable bonds is 1. The number of aromatic hydroxyl groups is 1. The summed E-state index contributed by atoms with van der Waals surface area (Å²) in [7, 11) is 0. The molecule has 0 saturated carbocycles. The van der Waals surface area contributed by atoms with Gasteiger partial charge in [0.1, 0.15) is 5.75 Å². The van der Waals surface area contributed by atoms with Crippen LogP contribution in [0.15, 0.2) is 12.1 Å². The van der Waals surface area contributed by atoms with Crippen LogP contribution >= 0.6 is 11.6 Å². The van der Waals surface area contributed by atoms with Crippen LogP contribution in [0.4, 0.5) is 5.69 Å². The Balaban J connectivity index is 2.36. The van der Waals surface area contributed by atoms with Crippen molar-refractivity contribution in [1.29, 1.82) is 0 Å². The number of fused-ring (bicyclic) bond motifs is 1. The monoisotopic (exact) mass is 211 g/mol. The van der Waals surface area contributed by atoms with Crippen molar-refractivity contribution in [3.63, 3.8) is 0 Å². The van der Waals surface area contributed by atoms with Gasteiger partial charge in [-0.05, 0) is 30.0 Å². The van der Waals surface area contributed by atoms with E-state index in [0.717, 1.165) is 17.7 Å². The molecule has 1 aromatic rings. The maximum absolute atomic E-state index is 9.45. The average molecular weight is 212 g/mol. The highest BCUT2D eigenvalue weighted by atomic mass is 35.5. The summed E-state index contributed by atoms with van der Waals surface area (Å²) in [4.78, 5) is 0. The molecular formula is C11H14ClNO. The van der Waals surface area contributed by atoms with Gasteiger partial charge >= 0.3 is 0 Å². The zero-order valence-electron chi connectivity index (χ0n) is 8.34. The smallest absolute Gasteiger partial charge is 0.134 e. The largest absolute Gasteiger partial charge is 0.506 e. The number of anilines is 1. The van der Waals surface area contributed by atoms with Gasteiger partial charge in [-0.1, -0.05) is 25.4 Å². The maximum atomic E-state index is 9.45. The molecule has 0 saturated heterocycles. The normalized spacial score (nSPS) is 19.6. The minimum Gasteiger partial charge on any atom is -0.506 e. The van der Waals surface area contributed by atoms with Crippen molar-refractivity contribution in [2.45, 2.75) is 26.3 Å². The molecule has 2 rings (SSSR count). The van der Waals surface area contributed by atoms with E-state index in [-0.39, 0.29) is 5.75 Å². The van der Waals surface area contributed by atoms with Crippen LogP contribution < -0.4 is 5.32 Å². The van der Waals surface area contributed by atoms with Gasteiger partial charge in [-0.15, -0.1) is 0 Å². The van der Waals surface area contributed by atoms with E-state index in [2.05, 4.69) is 19.2 Å². The molecule has 1 atom stereocenters. The molecule has 0 aromatic heterocycles. The third kappa shape index (κ3) is 1.44. The summed E-state index contributed by atoms with van der Waals surface area (Å²) in [6, 6.07) is 3.96. The summed E-state index contributed by atoms with van der Waals surface area (Å²) < 4.78 is 0. The lowest BCUT2D eigenvalue weighted by atomic mass is 10.0. The standard InChI is InChI=1S/C11H14ClNO/c1-6(2)9-5-7-8(13-9)3-4-10(14)11(7)12/h3-4,6,9,13-14H,5H2,1-2H3. The van der Waals surface area contributed by atoms with Gasteiger partial charge in [-0.25, -0.2) is 0 Å². The van der Waals surface area contributed by atoms with E-state index < -0.39 is 0 Å². The highest BCUT2D eigenvalue weighted by molar-refractivity contribution is 6.33. The Labute approximate surface area is 88.9 Å². The lowest BCUT2D eigenvalue weighted by Crippen LogP contribution is -2.21. The van der Waals surface area contributed by atoms with Crippen LogP contribution in [0.2, 0.25) is 5.02 Å². The van der Waals surface area contributed by atoms with Crippen molar-refractivity contribution in [2.75, 3.05) is 5.32 Å². The first kappa shape index (κ1) is 9.66. The van der Waals surface area contributed by atoms with Gasteiger partial charge in [0.05, 0.1) is 5.02 Å². The van der Waals surface area contributed by atoms with Crippen molar-refractivity contribution < 1.29 is 5.11 Å². The average Bonchev–Trinajstić information content (AvgIpc) is 2.56. The topological polar surface area (TPSA) is 32.3 Å². The van der Waals surface area contributed by atoms with Crippen LogP contribution in [0.3, 0.4) is 0 Å². The molecule has 0 radical (unpaired) electrons. The SMILES string of the molecule is CC(C)C1Cc2c(ccc(O)c2Cl)N1. The quantitative estimate of drug-likeness (QED) is 0.700. The van der Waals surface area contributed by atoms with Crippen LogP contribution in [0, 0.1) is 5.92 Å². The molecule has 0 fully saturated rings. The molecule has 2 nitrogen and oxygen atoms in total. The molecule has 14 heavy (non-hydrogen) atoms. The van der Waals surface area contributed by atoms with Crippen LogP contribution in [0.5, 0.6) is 5.75 Å². The Hall–Kier alpha value is -0.890. The molecule has 1 aliphatic rings. The Morgan fingerprint density at radius 1 is 1.50 bits per heavy atom. The van der Waals surface area contributed by atoms with E-state index in [4.69, 9.17) is 11.6 Å². The fourth-order valence-corrected chi connectivity index (χ4v) is 2.06. The second-order valence-electron chi connectivity index (χ2n) is 4.12. The van der Waals surface area contributed by atoms with Gasteiger partial charge in [0.15, 0.2) is 0 Å². The molecule has 0 amide bonds. The molecule has 0 spiro atoms. The predicted octanol–water partition coefficient (Wildman–Crippen LogP) is 3.04. The Morgan fingerprint density at radius 2 is 2.21 bits per heavy atom. The van der Waals surface area contributed by atoms with Crippen molar-refractivity contribution in [3.05, 3.63) is 22.7 Å². The van der Waals surface area contributed by atoms with E-state index in [1.807, 2.05) is 6.07 Å². The summed E-state index contributed by atoms with van der Waals surface area (Å²) in [5.41, 5.74) is 2.11. The number of halogens is 1. The van der Waals surface area contributed by atoms with E-state index in [1.54, 1.807) is 6.07 Å². The number of hydrogen-bond acceptors (Lipinski definition) is 2. The fraction of sp³-hybridized carbons (Fsp3) is 0.455.